The maximum absolute atomic E-state index is 5.92. The van der Waals surface area contributed by atoms with Gasteiger partial charge in [-0.3, -0.25) is 0 Å². The van der Waals surface area contributed by atoms with Gasteiger partial charge in [-0.05, 0) is 31.0 Å². The molecule has 2 N–H and O–H groups in total. The number of pyridine rings is 1. The van der Waals surface area contributed by atoms with Crippen LogP contribution in [-0.4, -0.2) is 14.6 Å². The summed E-state index contributed by atoms with van der Waals surface area (Å²) in [6, 6.07) is 14.2. The van der Waals surface area contributed by atoms with Crippen LogP contribution in [0.15, 0.2) is 42.5 Å². The van der Waals surface area contributed by atoms with Crippen molar-refractivity contribution >= 4 is 11.3 Å². The molecular formula is C15H16N4. The van der Waals surface area contributed by atoms with Gasteiger partial charge in [-0.2, -0.15) is 5.10 Å². The quantitative estimate of drug-likeness (QED) is 0.778. The third-order valence-electron chi connectivity index (χ3n) is 3.23. The highest BCUT2D eigenvalue weighted by atomic mass is 15.3. The molecule has 0 aliphatic heterocycles. The second kappa shape index (κ2) is 4.72. The minimum Gasteiger partial charge on any atom is -0.396 e. The molecule has 0 saturated heterocycles. The fourth-order valence-corrected chi connectivity index (χ4v) is 2.15. The van der Waals surface area contributed by atoms with Gasteiger partial charge in [0.1, 0.15) is 0 Å². The number of fused-ring (bicyclic) bond motifs is 1. The Kier molecular flexibility index (Phi) is 2.91. The van der Waals surface area contributed by atoms with Crippen molar-refractivity contribution in [1.82, 2.24) is 14.6 Å². The topological polar surface area (TPSA) is 56.2 Å². The number of rotatable bonds is 3. The summed E-state index contributed by atoms with van der Waals surface area (Å²) in [5, 5.41) is 4.51. The zero-order valence-electron chi connectivity index (χ0n) is 10.9. The SMILES string of the molecule is Cc1ccc(N)c2nc(CCc3ccccc3)nn12. The Morgan fingerprint density at radius 1 is 1.05 bits per heavy atom. The number of hydrogen-bond acceptors (Lipinski definition) is 3. The van der Waals surface area contributed by atoms with E-state index in [-0.39, 0.29) is 0 Å². The number of nitrogens with zero attached hydrogens (tertiary/aromatic N) is 3. The molecule has 4 heteroatoms. The van der Waals surface area contributed by atoms with Crippen LogP contribution < -0.4 is 5.73 Å². The summed E-state index contributed by atoms with van der Waals surface area (Å²) >= 11 is 0. The first-order valence-electron chi connectivity index (χ1n) is 6.39. The first kappa shape index (κ1) is 11.7. The molecule has 0 aliphatic rings. The third kappa shape index (κ3) is 2.29. The first-order chi connectivity index (χ1) is 9.24. The highest BCUT2D eigenvalue weighted by Crippen LogP contribution is 2.14. The highest BCUT2D eigenvalue weighted by molar-refractivity contribution is 5.64. The molecular weight excluding hydrogens is 236 g/mol. The predicted molar refractivity (Wildman–Crippen MR) is 76.0 cm³/mol. The van der Waals surface area contributed by atoms with Crippen LogP contribution in [0.3, 0.4) is 0 Å². The molecule has 1 aromatic carbocycles. The summed E-state index contributed by atoms with van der Waals surface area (Å²) in [7, 11) is 0. The van der Waals surface area contributed by atoms with Crippen molar-refractivity contribution < 1.29 is 0 Å². The van der Waals surface area contributed by atoms with Crippen LogP contribution in [0.5, 0.6) is 0 Å². The third-order valence-corrected chi connectivity index (χ3v) is 3.23. The van der Waals surface area contributed by atoms with Gasteiger partial charge in [-0.25, -0.2) is 9.50 Å². The van der Waals surface area contributed by atoms with Crippen molar-refractivity contribution in [2.24, 2.45) is 0 Å². The lowest BCUT2D eigenvalue weighted by Crippen LogP contribution is -1.97. The molecule has 0 fully saturated rings. The van der Waals surface area contributed by atoms with Crippen molar-refractivity contribution in [1.29, 1.82) is 0 Å². The van der Waals surface area contributed by atoms with Crippen LogP contribution >= 0.6 is 0 Å². The summed E-state index contributed by atoms with van der Waals surface area (Å²) in [6.45, 7) is 2.00. The van der Waals surface area contributed by atoms with E-state index in [1.807, 2.05) is 29.6 Å². The van der Waals surface area contributed by atoms with Gasteiger partial charge in [-0.1, -0.05) is 30.3 Å². The standard InChI is InChI=1S/C15H16N4/c1-11-7-9-13(16)15-17-14(18-19(11)15)10-8-12-5-3-2-4-6-12/h2-7,9H,8,10,16H2,1H3. The molecule has 2 heterocycles. The number of nitrogens with two attached hydrogens (primary N) is 1. The lowest BCUT2D eigenvalue weighted by Gasteiger charge is -1.98. The monoisotopic (exact) mass is 252 g/mol. The van der Waals surface area contributed by atoms with E-state index in [0.29, 0.717) is 5.69 Å². The lowest BCUT2D eigenvalue weighted by molar-refractivity contribution is 0.823. The Morgan fingerprint density at radius 2 is 1.84 bits per heavy atom. The lowest BCUT2D eigenvalue weighted by atomic mass is 10.1. The summed E-state index contributed by atoms with van der Waals surface area (Å²) in [4.78, 5) is 4.52. The van der Waals surface area contributed by atoms with Crippen LogP contribution in [0.4, 0.5) is 5.69 Å². The minimum atomic E-state index is 0.670. The number of anilines is 1. The summed E-state index contributed by atoms with van der Waals surface area (Å²) in [6.07, 6.45) is 1.77. The molecule has 4 nitrogen and oxygen atoms in total. The fourth-order valence-electron chi connectivity index (χ4n) is 2.15. The van der Waals surface area contributed by atoms with Gasteiger partial charge in [-0.15, -0.1) is 0 Å². The van der Waals surface area contributed by atoms with Crippen molar-refractivity contribution in [2.75, 3.05) is 5.73 Å². The van der Waals surface area contributed by atoms with E-state index in [2.05, 4.69) is 34.3 Å². The minimum absolute atomic E-state index is 0.670. The second-order valence-electron chi connectivity index (χ2n) is 4.68. The number of aryl methyl sites for hydroxylation is 3. The zero-order valence-corrected chi connectivity index (χ0v) is 10.9. The van der Waals surface area contributed by atoms with E-state index in [4.69, 9.17) is 5.73 Å². The molecule has 0 amide bonds. The summed E-state index contributed by atoms with van der Waals surface area (Å²) < 4.78 is 1.82. The Bertz CT molecular complexity index is 662. The van der Waals surface area contributed by atoms with E-state index in [1.54, 1.807) is 0 Å². The molecule has 0 atom stereocenters. The van der Waals surface area contributed by atoms with E-state index in [9.17, 15) is 0 Å². The van der Waals surface area contributed by atoms with Crippen LogP contribution in [0.1, 0.15) is 17.1 Å². The number of nitrogen functional groups attached to an aromatic ring is 1. The molecule has 0 aliphatic carbocycles. The zero-order chi connectivity index (χ0) is 13.2. The average molecular weight is 252 g/mol. The maximum atomic E-state index is 5.92. The van der Waals surface area contributed by atoms with Crippen LogP contribution in [-0.2, 0) is 12.8 Å². The van der Waals surface area contributed by atoms with E-state index in [0.717, 1.165) is 30.0 Å². The van der Waals surface area contributed by atoms with E-state index < -0.39 is 0 Å². The maximum Gasteiger partial charge on any atom is 0.178 e. The largest absolute Gasteiger partial charge is 0.396 e. The smallest absolute Gasteiger partial charge is 0.178 e. The molecule has 3 rings (SSSR count). The fraction of sp³-hybridized carbons (Fsp3) is 0.200. The predicted octanol–water partition coefficient (Wildman–Crippen LogP) is 2.41. The Labute approximate surface area is 111 Å². The molecule has 19 heavy (non-hydrogen) atoms. The normalized spacial score (nSPS) is 11.0. The van der Waals surface area contributed by atoms with Gasteiger partial charge in [0.25, 0.3) is 0 Å². The molecule has 0 bridgehead atoms. The van der Waals surface area contributed by atoms with Gasteiger partial charge in [0, 0.05) is 12.1 Å². The molecule has 0 radical (unpaired) electrons. The van der Waals surface area contributed by atoms with Crippen molar-refractivity contribution in [2.45, 2.75) is 19.8 Å². The van der Waals surface area contributed by atoms with E-state index in [1.165, 1.54) is 5.56 Å². The molecule has 0 saturated carbocycles. The highest BCUT2D eigenvalue weighted by Gasteiger charge is 2.08. The molecule has 0 spiro atoms. The first-order valence-corrected chi connectivity index (χ1v) is 6.39. The average Bonchev–Trinajstić information content (AvgIpc) is 2.87. The Morgan fingerprint density at radius 3 is 2.58 bits per heavy atom. The van der Waals surface area contributed by atoms with Gasteiger partial charge in [0.2, 0.25) is 0 Å². The van der Waals surface area contributed by atoms with Crippen LogP contribution in [0.25, 0.3) is 5.65 Å². The summed E-state index contributed by atoms with van der Waals surface area (Å²) in [5.74, 6) is 0.838. The van der Waals surface area contributed by atoms with Gasteiger partial charge in [0.05, 0.1) is 5.69 Å². The molecule has 96 valence electrons. The summed E-state index contributed by atoms with van der Waals surface area (Å²) in [5.41, 5.74) is 9.69. The van der Waals surface area contributed by atoms with Gasteiger partial charge in [0.15, 0.2) is 11.5 Å². The molecule has 2 aromatic heterocycles. The van der Waals surface area contributed by atoms with Crippen molar-refractivity contribution in [3.8, 4) is 0 Å². The van der Waals surface area contributed by atoms with Crippen LogP contribution in [0, 0.1) is 6.92 Å². The van der Waals surface area contributed by atoms with Crippen LogP contribution in [0.2, 0.25) is 0 Å². The van der Waals surface area contributed by atoms with Crippen molar-refractivity contribution in [3.05, 3.63) is 59.5 Å². The molecule has 0 unspecified atom stereocenters. The Hall–Kier alpha value is -2.36. The molecule has 3 aromatic rings. The van der Waals surface area contributed by atoms with E-state index >= 15 is 0 Å². The number of hydrogen-bond donors (Lipinski definition) is 1. The number of aromatic nitrogens is 3. The van der Waals surface area contributed by atoms with Gasteiger partial charge >= 0.3 is 0 Å². The second-order valence-corrected chi connectivity index (χ2v) is 4.68. The van der Waals surface area contributed by atoms with Crippen molar-refractivity contribution in [3.63, 3.8) is 0 Å². The number of benzene rings is 1. The van der Waals surface area contributed by atoms with Gasteiger partial charge < -0.3 is 5.73 Å². The Balaban J connectivity index is 1.86.